The highest BCUT2D eigenvalue weighted by Crippen LogP contribution is 2.30. The van der Waals surface area contributed by atoms with Crippen molar-refractivity contribution in [1.29, 1.82) is 0 Å². The number of carbonyl (C=O) groups is 1. The molecule has 3 heterocycles. The summed E-state index contributed by atoms with van der Waals surface area (Å²) in [6.45, 7) is 0. The Labute approximate surface area is 171 Å². The summed E-state index contributed by atoms with van der Waals surface area (Å²) in [7, 11) is -3.57. The van der Waals surface area contributed by atoms with E-state index in [2.05, 4.69) is 9.82 Å². The van der Waals surface area contributed by atoms with E-state index in [9.17, 15) is 17.6 Å². The molecule has 0 saturated heterocycles. The van der Waals surface area contributed by atoms with Crippen LogP contribution in [0.15, 0.2) is 59.5 Å². The van der Waals surface area contributed by atoms with Crippen LogP contribution in [0.3, 0.4) is 0 Å². The molecular weight excluding hydrogens is 411 g/mol. The number of nitrogens with two attached hydrogens (primary N) is 1. The number of carbonyl (C=O) groups excluding carboxylic acids is 1. The first-order valence-corrected chi connectivity index (χ1v) is 10.7. The maximum absolute atomic E-state index is 13.3. The summed E-state index contributed by atoms with van der Waals surface area (Å²) in [5, 5.41) is 4.40. The number of pyridine rings is 1. The molecule has 0 aliphatic carbocycles. The number of hydrogen-bond acceptors (Lipinski definition) is 5. The standard InChI is InChI=1S/C20H17FN4O4S/c1-30(27,28)24-16-10-25-17(9-14(16)8-12-6-7-29-11-12)18(20(22)26)19(23-25)13-2-4-15(21)5-3-13/h2-7,9-11,24H,8H2,1H3,(H2,22,26). The minimum Gasteiger partial charge on any atom is -0.472 e. The maximum atomic E-state index is 13.3. The lowest BCUT2D eigenvalue weighted by molar-refractivity contribution is 0.100. The zero-order valence-corrected chi connectivity index (χ0v) is 16.6. The molecule has 10 heteroatoms. The molecule has 0 aliphatic rings. The van der Waals surface area contributed by atoms with Gasteiger partial charge in [0.2, 0.25) is 10.0 Å². The average molecular weight is 428 g/mol. The summed E-state index contributed by atoms with van der Waals surface area (Å²) in [6.07, 6.45) is 5.92. The van der Waals surface area contributed by atoms with Crippen LogP contribution in [-0.2, 0) is 16.4 Å². The molecule has 0 saturated carbocycles. The number of nitrogens with zero attached hydrogens (tertiary/aromatic N) is 2. The Morgan fingerprint density at radius 2 is 2.00 bits per heavy atom. The summed E-state index contributed by atoms with van der Waals surface area (Å²) in [5.41, 5.74) is 8.67. The molecule has 3 aromatic heterocycles. The topological polar surface area (TPSA) is 120 Å². The molecule has 0 spiro atoms. The monoisotopic (exact) mass is 428 g/mol. The van der Waals surface area contributed by atoms with Gasteiger partial charge in [-0.15, -0.1) is 0 Å². The zero-order valence-electron chi connectivity index (χ0n) is 15.8. The van der Waals surface area contributed by atoms with Gasteiger partial charge in [0.1, 0.15) is 11.5 Å². The highest BCUT2D eigenvalue weighted by atomic mass is 32.2. The van der Waals surface area contributed by atoms with E-state index in [1.54, 1.807) is 18.4 Å². The average Bonchev–Trinajstić information content (AvgIpc) is 3.29. The Kier molecular flexibility index (Phi) is 4.78. The van der Waals surface area contributed by atoms with Crippen LogP contribution in [0.25, 0.3) is 16.8 Å². The number of furan rings is 1. The molecule has 0 aliphatic heterocycles. The molecule has 154 valence electrons. The number of fused-ring (bicyclic) bond motifs is 1. The van der Waals surface area contributed by atoms with Crippen LogP contribution < -0.4 is 10.5 Å². The summed E-state index contributed by atoms with van der Waals surface area (Å²) in [4.78, 5) is 12.2. The Hall–Kier alpha value is -3.66. The van der Waals surface area contributed by atoms with E-state index in [4.69, 9.17) is 10.2 Å². The quantitative estimate of drug-likeness (QED) is 0.489. The molecule has 30 heavy (non-hydrogen) atoms. The van der Waals surface area contributed by atoms with E-state index >= 15 is 0 Å². The second-order valence-corrected chi connectivity index (χ2v) is 8.57. The zero-order chi connectivity index (χ0) is 21.5. The molecule has 8 nitrogen and oxygen atoms in total. The summed E-state index contributed by atoms with van der Waals surface area (Å²) >= 11 is 0. The van der Waals surface area contributed by atoms with Crippen LogP contribution in [0.2, 0.25) is 0 Å². The van der Waals surface area contributed by atoms with Gasteiger partial charge >= 0.3 is 0 Å². The minimum atomic E-state index is -3.57. The third kappa shape index (κ3) is 3.90. The largest absolute Gasteiger partial charge is 0.472 e. The van der Waals surface area contributed by atoms with E-state index in [0.29, 0.717) is 28.8 Å². The van der Waals surface area contributed by atoms with Gasteiger partial charge in [-0.05, 0) is 47.5 Å². The van der Waals surface area contributed by atoms with Crippen molar-refractivity contribution in [3.05, 3.63) is 77.6 Å². The summed E-state index contributed by atoms with van der Waals surface area (Å²) < 4.78 is 46.0. The van der Waals surface area contributed by atoms with Gasteiger partial charge in [0, 0.05) is 12.0 Å². The molecule has 0 fully saturated rings. The SMILES string of the molecule is CS(=O)(=O)Nc1cn2nc(-c3ccc(F)cc3)c(C(N)=O)c2cc1Cc1ccoc1. The van der Waals surface area contributed by atoms with E-state index in [0.717, 1.165) is 11.8 Å². The van der Waals surface area contributed by atoms with Crippen LogP contribution in [0, 0.1) is 5.82 Å². The van der Waals surface area contributed by atoms with Crippen LogP contribution in [0.4, 0.5) is 10.1 Å². The number of aromatic nitrogens is 2. The maximum Gasteiger partial charge on any atom is 0.253 e. The first kappa shape index (κ1) is 19.6. The van der Waals surface area contributed by atoms with Crippen LogP contribution >= 0.6 is 0 Å². The number of rotatable bonds is 6. The fourth-order valence-corrected chi connectivity index (χ4v) is 3.82. The highest BCUT2D eigenvalue weighted by molar-refractivity contribution is 7.92. The Morgan fingerprint density at radius 3 is 2.60 bits per heavy atom. The first-order valence-electron chi connectivity index (χ1n) is 8.81. The van der Waals surface area contributed by atoms with Gasteiger partial charge in [-0.1, -0.05) is 0 Å². The fraction of sp³-hybridized carbons (Fsp3) is 0.100. The van der Waals surface area contributed by atoms with E-state index in [1.807, 2.05) is 0 Å². The van der Waals surface area contributed by atoms with Crippen molar-refractivity contribution in [3.8, 4) is 11.3 Å². The Balaban J connectivity index is 1.95. The highest BCUT2D eigenvalue weighted by Gasteiger charge is 2.21. The smallest absolute Gasteiger partial charge is 0.253 e. The summed E-state index contributed by atoms with van der Waals surface area (Å²) in [6, 6.07) is 8.90. The molecule has 0 bridgehead atoms. The van der Waals surface area contributed by atoms with Gasteiger partial charge in [-0.3, -0.25) is 9.52 Å². The van der Waals surface area contributed by atoms with Gasteiger partial charge in [0.05, 0.1) is 41.7 Å². The lowest BCUT2D eigenvalue weighted by atomic mass is 10.0. The normalized spacial score (nSPS) is 11.7. The molecule has 1 aromatic carbocycles. The number of nitrogens with one attached hydrogen (secondary N) is 1. The molecule has 0 atom stereocenters. The van der Waals surface area contributed by atoms with Crippen LogP contribution in [0.5, 0.6) is 0 Å². The molecule has 4 rings (SSSR count). The third-order valence-corrected chi connectivity index (χ3v) is 5.08. The first-order chi connectivity index (χ1) is 14.2. The number of benzene rings is 1. The predicted octanol–water partition coefficient (Wildman–Crippen LogP) is 2.79. The second-order valence-electron chi connectivity index (χ2n) is 6.82. The number of sulfonamides is 1. The third-order valence-electron chi connectivity index (χ3n) is 4.49. The van der Waals surface area contributed by atoms with E-state index in [1.165, 1.54) is 41.2 Å². The van der Waals surface area contributed by atoms with Crippen molar-refractivity contribution in [1.82, 2.24) is 9.61 Å². The fourth-order valence-electron chi connectivity index (χ4n) is 3.24. The number of hydrogen-bond donors (Lipinski definition) is 2. The number of anilines is 1. The van der Waals surface area contributed by atoms with Crippen molar-refractivity contribution in [3.63, 3.8) is 0 Å². The lowest BCUT2D eigenvalue weighted by Gasteiger charge is -2.11. The van der Waals surface area contributed by atoms with Gasteiger partial charge in [-0.2, -0.15) is 5.10 Å². The van der Waals surface area contributed by atoms with Crippen molar-refractivity contribution >= 4 is 27.1 Å². The van der Waals surface area contributed by atoms with Crippen molar-refractivity contribution < 1.29 is 22.0 Å². The van der Waals surface area contributed by atoms with Crippen LogP contribution in [-0.4, -0.2) is 30.2 Å². The van der Waals surface area contributed by atoms with Crippen molar-refractivity contribution in [2.45, 2.75) is 6.42 Å². The molecular formula is C20H17FN4O4S. The van der Waals surface area contributed by atoms with Gasteiger partial charge < -0.3 is 10.2 Å². The number of halogens is 1. The summed E-state index contributed by atoms with van der Waals surface area (Å²) in [5.74, 6) is -1.13. The number of amides is 1. The lowest BCUT2D eigenvalue weighted by Crippen LogP contribution is -2.14. The Morgan fingerprint density at radius 1 is 1.27 bits per heavy atom. The molecule has 0 unspecified atom stereocenters. The van der Waals surface area contributed by atoms with Crippen molar-refractivity contribution in [2.24, 2.45) is 5.73 Å². The molecule has 4 aromatic rings. The molecule has 0 radical (unpaired) electrons. The van der Waals surface area contributed by atoms with Crippen LogP contribution in [0.1, 0.15) is 21.5 Å². The van der Waals surface area contributed by atoms with E-state index in [-0.39, 0.29) is 11.3 Å². The minimum absolute atomic E-state index is 0.154. The number of primary amides is 1. The molecule has 3 N–H and O–H groups in total. The van der Waals surface area contributed by atoms with Gasteiger partial charge in [-0.25, -0.2) is 17.3 Å². The van der Waals surface area contributed by atoms with E-state index < -0.39 is 21.7 Å². The van der Waals surface area contributed by atoms with Gasteiger partial charge in [0.15, 0.2) is 0 Å². The predicted molar refractivity (Wildman–Crippen MR) is 109 cm³/mol. The Bertz CT molecular complexity index is 1340. The second kappa shape index (κ2) is 7.30. The molecule has 1 amide bonds. The van der Waals surface area contributed by atoms with Crippen molar-refractivity contribution in [2.75, 3.05) is 11.0 Å². The van der Waals surface area contributed by atoms with Gasteiger partial charge in [0.25, 0.3) is 5.91 Å².